The SMILES string of the molecule is CC(c1ccccc1F)N(C)C(=O)c1cccc(F)c1. The van der Waals surface area contributed by atoms with Crippen molar-refractivity contribution in [1.82, 2.24) is 4.90 Å². The second-order valence-electron chi connectivity index (χ2n) is 4.62. The summed E-state index contributed by atoms with van der Waals surface area (Å²) in [7, 11) is 1.57. The van der Waals surface area contributed by atoms with Gasteiger partial charge >= 0.3 is 0 Å². The monoisotopic (exact) mass is 275 g/mol. The lowest BCUT2D eigenvalue weighted by molar-refractivity contribution is 0.0740. The van der Waals surface area contributed by atoms with E-state index >= 15 is 0 Å². The highest BCUT2D eigenvalue weighted by Gasteiger charge is 2.21. The summed E-state index contributed by atoms with van der Waals surface area (Å²) in [6, 6.07) is 11.3. The molecule has 1 atom stereocenters. The van der Waals surface area contributed by atoms with Gasteiger partial charge in [-0.2, -0.15) is 0 Å². The van der Waals surface area contributed by atoms with Crippen LogP contribution >= 0.6 is 0 Å². The topological polar surface area (TPSA) is 20.3 Å². The van der Waals surface area contributed by atoms with Crippen LogP contribution in [0, 0.1) is 11.6 Å². The van der Waals surface area contributed by atoms with Crippen LogP contribution in [0.4, 0.5) is 8.78 Å². The van der Waals surface area contributed by atoms with Crippen LogP contribution in [0.2, 0.25) is 0 Å². The molecule has 20 heavy (non-hydrogen) atoms. The van der Waals surface area contributed by atoms with Crippen molar-refractivity contribution in [2.45, 2.75) is 13.0 Å². The van der Waals surface area contributed by atoms with Gasteiger partial charge in [0.05, 0.1) is 6.04 Å². The minimum atomic E-state index is -0.470. The van der Waals surface area contributed by atoms with Crippen LogP contribution in [-0.2, 0) is 0 Å². The Labute approximate surface area is 116 Å². The quantitative estimate of drug-likeness (QED) is 0.834. The van der Waals surface area contributed by atoms with Gasteiger partial charge < -0.3 is 4.90 Å². The predicted octanol–water partition coefficient (Wildman–Crippen LogP) is 3.80. The van der Waals surface area contributed by atoms with Gasteiger partial charge in [0.15, 0.2) is 0 Å². The Morgan fingerprint density at radius 1 is 1.10 bits per heavy atom. The Balaban J connectivity index is 2.25. The Hall–Kier alpha value is -2.23. The van der Waals surface area contributed by atoms with E-state index in [4.69, 9.17) is 0 Å². The molecule has 0 spiro atoms. The third-order valence-electron chi connectivity index (χ3n) is 3.33. The first-order valence-corrected chi connectivity index (χ1v) is 6.28. The number of carbonyl (C=O) groups excluding carboxylic acids is 1. The molecule has 1 unspecified atom stereocenters. The number of benzene rings is 2. The molecule has 0 saturated heterocycles. The lowest BCUT2D eigenvalue weighted by Gasteiger charge is -2.25. The second-order valence-corrected chi connectivity index (χ2v) is 4.62. The molecule has 0 heterocycles. The average Bonchev–Trinajstić information content (AvgIpc) is 2.45. The van der Waals surface area contributed by atoms with Gasteiger partial charge in [0.25, 0.3) is 5.91 Å². The lowest BCUT2D eigenvalue weighted by atomic mass is 10.1. The fraction of sp³-hybridized carbons (Fsp3) is 0.188. The molecule has 0 N–H and O–H groups in total. The van der Waals surface area contributed by atoms with Gasteiger partial charge in [-0.15, -0.1) is 0 Å². The Morgan fingerprint density at radius 3 is 2.45 bits per heavy atom. The molecule has 0 aromatic heterocycles. The molecule has 4 heteroatoms. The van der Waals surface area contributed by atoms with E-state index in [0.717, 1.165) is 0 Å². The van der Waals surface area contributed by atoms with Gasteiger partial charge in [-0.3, -0.25) is 4.79 Å². The van der Waals surface area contributed by atoms with Crippen LogP contribution in [0.3, 0.4) is 0 Å². The van der Waals surface area contributed by atoms with Crippen molar-refractivity contribution in [1.29, 1.82) is 0 Å². The number of nitrogens with zero attached hydrogens (tertiary/aromatic N) is 1. The van der Waals surface area contributed by atoms with E-state index < -0.39 is 11.9 Å². The van der Waals surface area contributed by atoms with Crippen molar-refractivity contribution in [3.05, 3.63) is 71.3 Å². The Bertz CT molecular complexity index is 627. The van der Waals surface area contributed by atoms with Crippen LogP contribution < -0.4 is 0 Å². The van der Waals surface area contributed by atoms with Crippen LogP contribution in [-0.4, -0.2) is 17.9 Å². The first-order valence-electron chi connectivity index (χ1n) is 6.28. The summed E-state index contributed by atoms with van der Waals surface area (Å²) in [5, 5.41) is 0. The molecule has 104 valence electrons. The molecule has 0 fully saturated rings. The normalized spacial score (nSPS) is 12.0. The van der Waals surface area contributed by atoms with Crippen molar-refractivity contribution in [3.63, 3.8) is 0 Å². The summed E-state index contributed by atoms with van der Waals surface area (Å²) in [5.41, 5.74) is 0.676. The number of hydrogen-bond acceptors (Lipinski definition) is 1. The number of hydrogen-bond donors (Lipinski definition) is 0. The van der Waals surface area contributed by atoms with E-state index in [0.29, 0.717) is 5.56 Å². The maximum absolute atomic E-state index is 13.7. The Morgan fingerprint density at radius 2 is 1.80 bits per heavy atom. The first-order chi connectivity index (χ1) is 9.50. The standard InChI is InChI=1S/C16H15F2NO/c1-11(14-8-3-4-9-15(14)18)19(2)16(20)12-6-5-7-13(17)10-12/h3-11H,1-2H3. The maximum Gasteiger partial charge on any atom is 0.254 e. The highest BCUT2D eigenvalue weighted by atomic mass is 19.1. The molecule has 0 radical (unpaired) electrons. The molecule has 2 aromatic carbocycles. The molecule has 1 amide bonds. The fourth-order valence-corrected chi connectivity index (χ4v) is 2.02. The summed E-state index contributed by atoms with van der Waals surface area (Å²) in [6.07, 6.45) is 0. The minimum Gasteiger partial charge on any atom is -0.335 e. The minimum absolute atomic E-state index is 0.246. The average molecular weight is 275 g/mol. The fourth-order valence-electron chi connectivity index (χ4n) is 2.02. The van der Waals surface area contributed by atoms with E-state index in [1.54, 1.807) is 32.2 Å². The van der Waals surface area contributed by atoms with Crippen LogP contribution in [0.15, 0.2) is 48.5 Å². The maximum atomic E-state index is 13.7. The smallest absolute Gasteiger partial charge is 0.254 e. The van der Waals surface area contributed by atoms with Gasteiger partial charge in [0, 0.05) is 18.2 Å². The molecule has 2 nitrogen and oxygen atoms in total. The molecule has 0 saturated carbocycles. The molecule has 0 bridgehead atoms. The summed E-state index contributed by atoms with van der Waals surface area (Å²) in [5.74, 6) is -1.18. The van der Waals surface area contributed by atoms with Gasteiger partial charge in [-0.05, 0) is 31.2 Å². The summed E-state index contributed by atoms with van der Waals surface area (Å²) in [6.45, 7) is 1.73. The second kappa shape index (κ2) is 5.82. The first kappa shape index (κ1) is 14.2. The highest BCUT2D eigenvalue weighted by Crippen LogP contribution is 2.23. The number of rotatable bonds is 3. The molecule has 0 aliphatic rings. The largest absolute Gasteiger partial charge is 0.335 e. The van der Waals surface area contributed by atoms with E-state index in [9.17, 15) is 13.6 Å². The molecule has 0 aliphatic heterocycles. The van der Waals surface area contributed by atoms with Crippen LogP contribution in [0.25, 0.3) is 0 Å². The summed E-state index contributed by atoms with van der Waals surface area (Å²) >= 11 is 0. The van der Waals surface area contributed by atoms with E-state index in [1.165, 1.54) is 35.2 Å². The molecular weight excluding hydrogens is 260 g/mol. The predicted molar refractivity (Wildman–Crippen MR) is 73.3 cm³/mol. The van der Waals surface area contributed by atoms with Crippen LogP contribution in [0.5, 0.6) is 0 Å². The third kappa shape index (κ3) is 2.85. The van der Waals surface area contributed by atoms with Crippen molar-refractivity contribution >= 4 is 5.91 Å². The van der Waals surface area contributed by atoms with Gasteiger partial charge in [0.1, 0.15) is 11.6 Å². The van der Waals surface area contributed by atoms with Crippen LogP contribution in [0.1, 0.15) is 28.9 Å². The van der Waals surface area contributed by atoms with Gasteiger partial charge in [-0.25, -0.2) is 8.78 Å². The molecule has 2 aromatic rings. The number of amides is 1. The molecular formula is C16H15F2NO. The molecule has 0 aliphatic carbocycles. The van der Waals surface area contributed by atoms with Crippen molar-refractivity contribution in [2.24, 2.45) is 0 Å². The van der Waals surface area contributed by atoms with Gasteiger partial charge in [-0.1, -0.05) is 24.3 Å². The number of carbonyl (C=O) groups is 1. The van der Waals surface area contributed by atoms with E-state index in [1.807, 2.05) is 0 Å². The Kier molecular flexibility index (Phi) is 4.13. The van der Waals surface area contributed by atoms with E-state index in [2.05, 4.69) is 0 Å². The third-order valence-corrected chi connectivity index (χ3v) is 3.33. The number of halogens is 2. The highest BCUT2D eigenvalue weighted by molar-refractivity contribution is 5.94. The zero-order valence-corrected chi connectivity index (χ0v) is 11.3. The van der Waals surface area contributed by atoms with Crippen molar-refractivity contribution < 1.29 is 13.6 Å². The molecule has 2 rings (SSSR count). The van der Waals surface area contributed by atoms with Crippen molar-refractivity contribution in [2.75, 3.05) is 7.05 Å². The summed E-state index contributed by atoms with van der Waals surface area (Å²) < 4.78 is 26.9. The zero-order valence-electron chi connectivity index (χ0n) is 11.3. The zero-order chi connectivity index (χ0) is 14.7. The van der Waals surface area contributed by atoms with Gasteiger partial charge in [0.2, 0.25) is 0 Å². The summed E-state index contributed by atoms with van der Waals surface area (Å²) in [4.78, 5) is 13.7. The van der Waals surface area contributed by atoms with Crippen molar-refractivity contribution in [3.8, 4) is 0 Å². The lowest BCUT2D eigenvalue weighted by Crippen LogP contribution is -2.30. The van der Waals surface area contributed by atoms with E-state index in [-0.39, 0.29) is 17.3 Å².